The summed E-state index contributed by atoms with van der Waals surface area (Å²) in [5, 5.41) is 2.85. The summed E-state index contributed by atoms with van der Waals surface area (Å²) in [6.07, 6.45) is -0.353. The van der Waals surface area contributed by atoms with Crippen molar-refractivity contribution in [1.82, 2.24) is 15.6 Å². The van der Waals surface area contributed by atoms with Gasteiger partial charge in [0.15, 0.2) is 0 Å². The topological polar surface area (TPSA) is 96.7 Å². The fourth-order valence-corrected chi connectivity index (χ4v) is 2.89. The number of rotatable bonds is 4. The Bertz CT molecular complexity index is 813. The molecule has 1 aliphatic heterocycles. The maximum absolute atomic E-state index is 13.4. The minimum Gasteiger partial charge on any atom is -0.370 e. The Labute approximate surface area is 156 Å². The number of nitrogen functional groups attached to an aromatic ring is 1. The number of carbonyl (C=O) groups excluding carboxylic acids is 2. The Balaban J connectivity index is 1.55. The van der Waals surface area contributed by atoms with Crippen molar-refractivity contribution in [1.29, 1.82) is 0 Å². The second-order valence-corrected chi connectivity index (χ2v) is 6.19. The summed E-state index contributed by atoms with van der Waals surface area (Å²) in [5.41, 5.74) is 4.07. The maximum Gasteiger partial charge on any atom is 0.317 e. The van der Waals surface area contributed by atoms with Gasteiger partial charge in [0.05, 0.1) is 13.2 Å². The van der Waals surface area contributed by atoms with E-state index in [0.29, 0.717) is 37.4 Å². The average molecular weight is 372 g/mol. The lowest BCUT2D eigenvalue weighted by Crippen LogP contribution is -2.46. The first-order valence-corrected chi connectivity index (χ1v) is 8.56. The highest BCUT2D eigenvalue weighted by molar-refractivity contribution is 5.93. The second kappa shape index (κ2) is 8.61. The molecule has 1 heterocycles. The highest BCUT2D eigenvalue weighted by Crippen LogP contribution is 2.22. The van der Waals surface area contributed by atoms with Crippen LogP contribution in [0, 0.1) is 5.82 Å². The molecule has 4 N–H and O–H groups in total. The molecule has 0 aliphatic carbocycles. The molecule has 0 aromatic heterocycles. The number of nitrogens with two attached hydrogens (primary N) is 1. The quantitative estimate of drug-likeness (QED) is 0.432. The third-order valence-corrected chi connectivity index (χ3v) is 4.37. The molecule has 3 amide bonds. The molecular formula is C19H21FN4O3. The minimum atomic E-state index is -0.373. The number of hydrogen-bond acceptors (Lipinski definition) is 4. The Hall–Kier alpha value is -2.97. The zero-order valence-electron chi connectivity index (χ0n) is 14.7. The SMILES string of the molecule is NNC(=O)c1ccc(CNC(=O)N2CCOC(c3cccc(F)c3)C2)cc1. The van der Waals surface area contributed by atoms with Crippen LogP contribution >= 0.6 is 0 Å². The summed E-state index contributed by atoms with van der Waals surface area (Å²) < 4.78 is 19.1. The minimum absolute atomic E-state index is 0.219. The molecule has 2 aromatic carbocycles. The summed E-state index contributed by atoms with van der Waals surface area (Å²) in [4.78, 5) is 25.5. The number of benzene rings is 2. The average Bonchev–Trinajstić information content (AvgIpc) is 2.72. The van der Waals surface area contributed by atoms with Gasteiger partial charge in [0.2, 0.25) is 0 Å². The van der Waals surface area contributed by atoms with Gasteiger partial charge in [-0.2, -0.15) is 0 Å². The Morgan fingerprint density at radius 3 is 2.70 bits per heavy atom. The van der Waals surface area contributed by atoms with E-state index >= 15 is 0 Å². The number of nitrogens with zero attached hydrogens (tertiary/aromatic N) is 1. The molecule has 1 fully saturated rings. The van der Waals surface area contributed by atoms with Crippen molar-refractivity contribution in [2.45, 2.75) is 12.6 Å². The predicted molar refractivity (Wildman–Crippen MR) is 97.0 cm³/mol. The lowest BCUT2D eigenvalue weighted by atomic mass is 10.1. The van der Waals surface area contributed by atoms with Crippen LogP contribution in [0.2, 0.25) is 0 Å². The molecule has 8 heteroatoms. The van der Waals surface area contributed by atoms with Gasteiger partial charge in [-0.05, 0) is 35.4 Å². The number of halogens is 1. The van der Waals surface area contributed by atoms with E-state index in [-0.39, 0.29) is 23.9 Å². The summed E-state index contributed by atoms with van der Waals surface area (Å²) in [5.74, 6) is 4.39. The third-order valence-electron chi connectivity index (χ3n) is 4.37. The Morgan fingerprint density at radius 1 is 1.22 bits per heavy atom. The van der Waals surface area contributed by atoms with E-state index in [0.717, 1.165) is 5.56 Å². The number of morpholine rings is 1. The Kier molecular flexibility index (Phi) is 6.00. The molecule has 27 heavy (non-hydrogen) atoms. The molecule has 7 nitrogen and oxygen atoms in total. The fourth-order valence-electron chi connectivity index (χ4n) is 2.89. The summed E-state index contributed by atoms with van der Waals surface area (Å²) >= 11 is 0. The number of hydrogen-bond donors (Lipinski definition) is 3. The maximum atomic E-state index is 13.4. The molecule has 2 aromatic rings. The second-order valence-electron chi connectivity index (χ2n) is 6.19. The van der Waals surface area contributed by atoms with E-state index in [9.17, 15) is 14.0 Å². The third kappa shape index (κ3) is 4.81. The molecule has 142 valence electrons. The van der Waals surface area contributed by atoms with Crippen molar-refractivity contribution in [2.24, 2.45) is 5.84 Å². The molecule has 1 atom stereocenters. The van der Waals surface area contributed by atoms with Gasteiger partial charge in [-0.3, -0.25) is 10.2 Å². The molecule has 3 rings (SSSR count). The zero-order chi connectivity index (χ0) is 19.2. The van der Waals surface area contributed by atoms with E-state index in [1.807, 2.05) is 0 Å². The normalized spacial score (nSPS) is 16.7. The number of hydrazine groups is 1. The van der Waals surface area contributed by atoms with Gasteiger partial charge in [-0.25, -0.2) is 15.0 Å². The number of amides is 3. The van der Waals surface area contributed by atoms with Crippen LogP contribution in [0.4, 0.5) is 9.18 Å². The molecule has 1 unspecified atom stereocenters. The van der Waals surface area contributed by atoms with Crippen LogP contribution in [0.5, 0.6) is 0 Å². The van der Waals surface area contributed by atoms with Crippen molar-refractivity contribution < 1.29 is 18.7 Å². The van der Waals surface area contributed by atoms with Crippen molar-refractivity contribution in [3.8, 4) is 0 Å². The van der Waals surface area contributed by atoms with Crippen LogP contribution < -0.4 is 16.6 Å². The number of urea groups is 1. The van der Waals surface area contributed by atoms with Gasteiger partial charge < -0.3 is 15.0 Å². The van der Waals surface area contributed by atoms with Gasteiger partial charge in [0.1, 0.15) is 11.9 Å². The van der Waals surface area contributed by atoms with Crippen molar-refractivity contribution in [3.63, 3.8) is 0 Å². The predicted octanol–water partition coefficient (Wildman–Crippen LogP) is 1.71. The van der Waals surface area contributed by atoms with Gasteiger partial charge in [0.25, 0.3) is 5.91 Å². The van der Waals surface area contributed by atoms with Crippen LogP contribution in [-0.4, -0.2) is 36.5 Å². The fraction of sp³-hybridized carbons (Fsp3) is 0.263. The highest BCUT2D eigenvalue weighted by atomic mass is 19.1. The molecule has 1 aliphatic rings. The monoisotopic (exact) mass is 372 g/mol. The summed E-state index contributed by atoms with van der Waals surface area (Å²) in [6, 6.07) is 12.8. The number of nitrogens with one attached hydrogen (secondary N) is 2. The van der Waals surface area contributed by atoms with E-state index < -0.39 is 0 Å². The number of ether oxygens (including phenoxy) is 1. The van der Waals surface area contributed by atoms with E-state index in [1.54, 1.807) is 41.3 Å². The molecule has 0 saturated carbocycles. The highest BCUT2D eigenvalue weighted by Gasteiger charge is 2.25. The molecule has 0 bridgehead atoms. The van der Waals surface area contributed by atoms with Crippen LogP contribution in [0.1, 0.15) is 27.6 Å². The number of carbonyl (C=O) groups is 2. The van der Waals surface area contributed by atoms with E-state index in [4.69, 9.17) is 10.6 Å². The largest absolute Gasteiger partial charge is 0.370 e. The van der Waals surface area contributed by atoms with Crippen LogP contribution in [-0.2, 0) is 11.3 Å². The van der Waals surface area contributed by atoms with Crippen LogP contribution in [0.3, 0.4) is 0 Å². The molecule has 0 spiro atoms. The standard InChI is InChI=1S/C19H21FN4O3/c20-16-3-1-2-15(10-16)17-12-24(8-9-27-17)19(26)22-11-13-4-6-14(7-5-13)18(25)23-21/h1-7,10,17H,8-9,11-12,21H2,(H,22,26)(H,23,25). The molecule has 1 saturated heterocycles. The molecular weight excluding hydrogens is 351 g/mol. The summed E-state index contributed by atoms with van der Waals surface area (Å²) in [7, 11) is 0. The molecule has 0 radical (unpaired) electrons. The first-order chi connectivity index (χ1) is 13.1. The van der Waals surface area contributed by atoms with E-state index in [2.05, 4.69) is 10.7 Å². The van der Waals surface area contributed by atoms with Crippen LogP contribution in [0.25, 0.3) is 0 Å². The first-order valence-electron chi connectivity index (χ1n) is 8.56. The zero-order valence-corrected chi connectivity index (χ0v) is 14.7. The lowest BCUT2D eigenvalue weighted by Gasteiger charge is -2.33. The van der Waals surface area contributed by atoms with Crippen molar-refractivity contribution >= 4 is 11.9 Å². The summed E-state index contributed by atoms with van der Waals surface area (Å²) in [6.45, 7) is 1.53. The van der Waals surface area contributed by atoms with Crippen molar-refractivity contribution in [2.75, 3.05) is 19.7 Å². The first kappa shape index (κ1) is 18.8. The lowest BCUT2D eigenvalue weighted by molar-refractivity contribution is -0.0156. The Morgan fingerprint density at radius 2 is 2.00 bits per heavy atom. The van der Waals surface area contributed by atoms with Gasteiger partial charge >= 0.3 is 6.03 Å². The van der Waals surface area contributed by atoms with Crippen LogP contribution in [0.15, 0.2) is 48.5 Å². The van der Waals surface area contributed by atoms with Crippen molar-refractivity contribution in [3.05, 3.63) is 71.0 Å². The van der Waals surface area contributed by atoms with E-state index in [1.165, 1.54) is 12.1 Å². The smallest absolute Gasteiger partial charge is 0.317 e. The van der Waals surface area contributed by atoms with Gasteiger partial charge in [-0.15, -0.1) is 0 Å². The van der Waals surface area contributed by atoms with Gasteiger partial charge in [0, 0.05) is 18.7 Å². The van der Waals surface area contributed by atoms with Gasteiger partial charge in [-0.1, -0.05) is 24.3 Å².